The van der Waals surface area contributed by atoms with E-state index in [1.807, 2.05) is 18.2 Å². The molecule has 3 aromatic rings. The number of H-pyrrole nitrogens is 2. The van der Waals surface area contributed by atoms with Crippen molar-refractivity contribution in [3.63, 3.8) is 0 Å². The topological polar surface area (TPSA) is 183 Å². The Morgan fingerprint density at radius 3 is 1.97 bits per heavy atom. The maximum absolute atomic E-state index is 11.2. The van der Waals surface area contributed by atoms with Crippen LogP contribution in [0.1, 0.15) is 11.6 Å². The second kappa shape index (κ2) is 13.5. The van der Waals surface area contributed by atoms with Gasteiger partial charge in [0.25, 0.3) is 11.1 Å². The molecule has 0 spiro atoms. The van der Waals surface area contributed by atoms with Crippen molar-refractivity contribution in [1.29, 1.82) is 0 Å². The van der Waals surface area contributed by atoms with E-state index in [1.54, 1.807) is 26.0 Å². The molecule has 30 heavy (non-hydrogen) atoms. The van der Waals surface area contributed by atoms with Gasteiger partial charge < -0.3 is 25.9 Å². The number of hydrogen-bond donors (Lipinski definition) is 5. The molecule has 6 N–H and O–H groups in total. The quantitative estimate of drug-likeness (QED) is 0.185. The second-order valence-electron chi connectivity index (χ2n) is 5.30. The van der Waals surface area contributed by atoms with E-state index in [0.717, 1.165) is 0 Å². The molecule has 0 bridgehead atoms. The van der Waals surface area contributed by atoms with Crippen LogP contribution in [0.2, 0.25) is 0 Å². The molecular formula is C16H17I3N7O4-. The minimum absolute atomic E-state index is 0.0879. The van der Waals surface area contributed by atoms with Crippen molar-refractivity contribution in [3.8, 4) is 11.5 Å². The summed E-state index contributed by atoms with van der Waals surface area (Å²) in [7, 11) is 0. The van der Waals surface area contributed by atoms with Crippen molar-refractivity contribution in [2.24, 2.45) is 10.2 Å². The van der Waals surface area contributed by atoms with Crippen molar-refractivity contribution in [1.82, 2.24) is 19.9 Å². The average Bonchev–Trinajstić information content (AvgIpc) is 2.69. The molecule has 0 saturated heterocycles. The Balaban J connectivity index is 0.000000294. The zero-order chi connectivity index (χ0) is 22.7. The Labute approximate surface area is 200 Å². The van der Waals surface area contributed by atoms with Gasteiger partial charge >= 0.3 is 50.5 Å². The zero-order valence-corrected chi connectivity index (χ0v) is 22.1. The summed E-state index contributed by atoms with van der Waals surface area (Å²) in [6, 6.07) is 8.97. The number of anilines is 1. The number of nitrogens with two attached hydrogens (primary N) is 1. The first-order chi connectivity index (χ1) is 14.2. The molecule has 0 aliphatic heterocycles. The first kappa shape index (κ1) is 26.2. The molecule has 0 atom stereocenters. The second-order valence-corrected chi connectivity index (χ2v) is 21.5. The fourth-order valence-electron chi connectivity index (χ4n) is 1.84. The number of nitrogens with one attached hydrogen (secondary N) is 2. The Morgan fingerprint density at radius 1 is 0.933 bits per heavy atom. The van der Waals surface area contributed by atoms with Gasteiger partial charge in [0.05, 0.1) is 5.69 Å². The van der Waals surface area contributed by atoms with Crippen molar-refractivity contribution in [3.05, 3.63) is 62.7 Å². The Kier molecular flexibility index (Phi) is 11.8. The summed E-state index contributed by atoms with van der Waals surface area (Å²) in [6.07, 6.45) is 0. The molecule has 0 aliphatic rings. The number of azo groups is 1. The van der Waals surface area contributed by atoms with Gasteiger partial charge in [-0.1, -0.05) is 18.2 Å². The summed E-state index contributed by atoms with van der Waals surface area (Å²) in [5.74, 6) is -0.521. The van der Waals surface area contributed by atoms with Crippen LogP contribution >= 0.6 is 37.2 Å². The normalized spacial score (nSPS) is 10.1. The summed E-state index contributed by atoms with van der Waals surface area (Å²) in [4.78, 5) is 34.0. The summed E-state index contributed by atoms with van der Waals surface area (Å²) < 4.78 is 0. The number of rotatable bonds is 2. The van der Waals surface area contributed by atoms with Crippen LogP contribution < -0.4 is 30.1 Å². The van der Waals surface area contributed by atoms with Gasteiger partial charge in [0.1, 0.15) is 11.6 Å². The molecule has 14 heteroatoms. The van der Waals surface area contributed by atoms with E-state index < -0.39 is 22.6 Å². The van der Waals surface area contributed by atoms with Crippen molar-refractivity contribution in [2.75, 3.05) is 5.73 Å². The predicted molar refractivity (Wildman–Crippen MR) is 126 cm³/mol. The van der Waals surface area contributed by atoms with Crippen LogP contribution in [0.3, 0.4) is 0 Å². The predicted octanol–water partition coefficient (Wildman–Crippen LogP) is 0.341. The van der Waals surface area contributed by atoms with Gasteiger partial charge in [0.15, 0.2) is 5.82 Å². The third kappa shape index (κ3) is 8.90. The standard InChI is InChI=1S/C11H10N4O2.C5H7N3O2.I3/c1-7-12-10(9(16)11(17)13-7)15-14-8-5-3-2-4-6-8;1-2-7-4(6)3(9)5(10)8-2;1-3-2/h2-6,16H,1H3,(H,12,13,17);9H,1H3,(H3,6,7,8,10);/q;;-1. The molecule has 0 unspecified atom stereocenters. The van der Waals surface area contributed by atoms with Crippen LogP contribution in [0.4, 0.5) is 17.3 Å². The van der Waals surface area contributed by atoms with E-state index in [0.29, 0.717) is 30.6 Å². The number of benzene rings is 1. The third-order valence-corrected chi connectivity index (χ3v) is 3.05. The molecule has 0 aliphatic carbocycles. The van der Waals surface area contributed by atoms with Crippen LogP contribution in [0.25, 0.3) is 0 Å². The van der Waals surface area contributed by atoms with Crippen molar-refractivity contribution >= 4 is 54.6 Å². The van der Waals surface area contributed by atoms with Crippen LogP contribution in [0.15, 0.2) is 50.1 Å². The molecule has 11 nitrogen and oxygen atoms in total. The Morgan fingerprint density at radius 2 is 1.43 bits per heavy atom. The third-order valence-electron chi connectivity index (χ3n) is 3.05. The van der Waals surface area contributed by atoms with E-state index in [-0.39, 0.29) is 11.6 Å². The number of nitrogens with zero attached hydrogens (tertiary/aromatic N) is 4. The zero-order valence-electron chi connectivity index (χ0n) is 15.6. The van der Waals surface area contributed by atoms with Crippen LogP contribution in [-0.2, 0) is 0 Å². The van der Waals surface area contributed by atoms with Crippen molar-refractivity contribution < 1.29 is 23.5 Å². The molecule has 2 heterocycles. The monoisotopic (exact) mass is 752 g/mol. The summed E-state index contributed by atoms with van der Waals surface area (Å²) >= 11 is 5.30. The van der Waals surface area contributed by atoms with E-state index >= 15 is 0 Å². The molecule has 2 aromatic heterocycles. The molecule has 0 radical (unpaired) electrons. The first-order valence-corrected chi connectivity index (χ1v) is 20.5. The van der Waals surface area contributed by atoms with E-state index in [9.17, 15) is 14.7 Å². The molecule has 3 rings (SSSR count). The number of aryl methyl sites for hydroxylation is 2. The summed E-state index contributed by atoms with van der Waals surface area (Å²) in [5, 5.41) is 25.9. The fourth-order valence-corrected chi connectivity index (χ4v) is 1.84. The van der Waals surface area contributed by atoms with Crippen LogP contribution in [-0.4, -0.2) is 30.1 Å². The molecular weight excluding hydrogens is 735 g/mol. The van der Waals surface area contributed by atoms with Gasteiger partial charge in [-0.05, 0) is 26.0 Å². The van der Waals surface area contributed by atoms with Crippen molar-refractivity contribution in [2.45, 2.75) is 13.8 Å². The molecule has 162 valence electrons. The fraction of sp³-hybridized carbons (Fsp3) is 0.125. The van der Waals surface area contributed by atoms with Gasteiger partial charge in [-0.3, -0.25) is 9.59 Å². The van der Waals surface area contributed by atoms with Gasteiger partial charge in [-0.2, -0.15) is 0 Å². The van der Waals surface area contributed by atoms with Gasteiger partial charge in [0.2, 0.25) is 17.3 Å². The number of aromatic nitrogens is 4. The SMILES string of the molecule is Cc1nc(N)c(O)c(=O)[nH]1.Cc1nc(N=Nc2ccccc2)c(O)c(=O)[nH]1.I[I-]I. The Hall–Kier alpha value is -1.83. The average molecular weight is 752 g/mol. The number of hydrogen-bond acceptors (Lipinski definition) is 9. The summed E-state index contributed by atoms with van der Waals surface area (Å²) in [6.45, 7) is 3.18. The number of nitrogen functional groups attached to an aromatic ring is 1. The van der Waals surface area contributed by atoms with E-state index in [2.05, 4.69) is 67.4 Å². The van der Waals surface area contributed by atoms with Gasteiger partial charge in [0, 0.05) is 0 Å². The molecule has 0 amide bonds. The Bertz CT molecular complexity index is 1100. The molecule has 1 aromatic carbocycles. The molecule has 0 fully saturated rings. The minimum atomic E-state index is -0.625. The van der Waals surface area contributed by atoms with E-state index in [1.165, 1.54) is 0 Å². The summed E-state index contributed by atoms with van der Waals surface area (Å²) in [5.41, 5.74) is 4.53. The maximum atomic E-state index is 11.2. The molecule has 0 saturated carbocycles. The number of halogens is 3. The van der Waals surface area contributed by atoms with Crippen LogP contribution in [0, 0.1) is 13.8 Å². The van der Waals surface area contributed by atoms with E-state index in [4.69, 9.17) is 10.8 Å². The number of aromatic amines is 2. The van der Waals surface area contributed by atoms with Gasteiger partial charge in [-0.25, -0.2) is 9.97 Å². The number of aromatic hydroxyl groups is 2. The first-order valence-electron chi connectivity index (χ1n) is 7.88. The van der Waals surface area contributed by atoms with Crippen LogP contribution in [0.5, 0.6) is 11.5 Å². The van der Waals surface area contributed by atoms with Gasteiger partial charge in [-0.15, -0.1) is 10.2 Å².